The van der Waals surface area contributed by atoms with Crippen LogP contribution >= 0.6 is 24.0 Å². The molecule has 6 nitrogen and oxygen atoms in total. The van der Waals surface area contributed by atoms with Crippen LogP contribution in [0.15, 0.2) is 28.8 Å². The maximum Gasteiger partial charge on any atom is 0.307 e. The molecule has 2 heterocycles. The second-order valence-corrected chi connectivity index (χ2v) is 5.83. The van der Waals surface area contributed by atoms with Crippen LogP contribution in [0.25, 0.3) is 11.4 Å². The Morgan fingerprint density at radius 1 is 1.39 bits per heavy atom. The van der Waals surface area contributed by atoms with Gasteiger partial charge in [0, 0.05) is 30.1 Å². The van der Waals surface area contributed by atoms with E-state index in [0.717, 1.165) is 18.7 Å². The maximum atomic E-state index is 10.9. The summed E-state index contributed by atoms with van der Waals surface area (Å²) in [5, 5.41) is 13.6. The van der Waals surface area contributed by atoms with Crippen LogP contribution in [0.4, 0.5) is 0 Å². The van der Waals surface area contributed by atoms with Gasteiger partial charge < -0.3 is 14.5 Å². The van der Waals surface area contributed by atoms with Crippen molar-refractivity contribution in [2.45, 2.75) is 12.8 Å². The molecule has 3 rings (SSSR count). The SMILES string of the molecule is Cl.O=C(O)C1CCN(CCc2nc(-c3ccc(Cl)cc3)no2)C1. The van der Waals surface area contributed by atoms with E-state index in [9.17, 15) is 4.79 Å². The summed E-state index contributed by atoms with van der Waals surface area (Å²) < 4.78 is 5.25. The Kier molecular flexibility index (Phi) is 5.98. The highest BCUT2D eigenvalue weighted by molar-refractivity contribution is 6.30. The van der Waals surface area contributed by atoms with Gasteiger partial charge in [-0.3, -0.25) is 4.79 Å². The third-order valence-corrected chi connectivity index (χ3v) is 4.09. The fraction of sp³-hybridized carbons (Fsp3) is 0.400. The molecule has 1 aliphatic heterocycles. The summed E-state index contributed by atoms with van der Waals surface area (Å²) in [5.74, 6) is 0.123. The first kappa shape index (κ1) is 17.7. The van der Waals surface area contributed by atoms with E-state index in [1.807, 2.05) is 12.1 Å². The topological polar surface area (TPSA) is 79.5 Å². The summed E-state index contributed by atoms with van der Waals surface area (Å²) in [4.78, 5) is 17.4. The Bertz CT molecular complexity index is 660. The molecule has 2 aromatic rings. The van der Waals surface area contributed by atoms with E-state index in [-0.39, 0.29) is 18.3 Å². The summed E-state index contributed by atoms with van der Waals surface area (Å²) in [6.07, 6.45) is 1.32. The van der Waals surface area contributed by atoms with Gasteiger partial charge in [0.05, 0.1) is 5.92 Å². The Labute approximate surface area is 144 Å². The number of halogens is 2. The molecule has 124 valence electrons. The zero-order valence-electron chi connectivity index (χ0n) is 12.3. The van der Waals surface area contributed by atoms with Crippen LogP contribution in [0.2, 0.25) is 5.02 Å². The van der Waals surface area contributed by atoms with Crippen molar-refractivity contribution in [1.82, 2.24) is 15.0 Å². The van der Waals surface area contributed by atoms with Gasteiger partial charge in [-0.05, 0) is 37.2 Å². The number of aromatic nitrogens is 2. The van der Waals surface area contributed by atoms with Gasteiger partial charge in [0.2, 0.25) is 11.7 Å². The van der Waals surface area contributed by atoms with Crippen LogP contribution in [-0.2, 0) is 11.2 Å². The molecule has 23 heavy (non-hydrogen) atoms. The molecule has 1 atom stereocenters. The van der Waals surface area contributed by atoms with E-state index >= 15 is 0 Å². The van der Waals surface area contributed by atoms with Gasteiger partial charge in [-0.15, -0.1) is 12.4 Å². The smallest absolute Gasteiger partial charge is 0.307 e. The quantitative estimate of drug-likeness (QED) is 0.885. The van der Waals surface area contributed by atoms with E-state index in [1.54, 1.807) is 12.1 Å². The normalized spacial score (nSPS) is 17.9. The number of likely N-dealkylation sites (tertiary alicyclic amines) is 1. The fourth-order valence-corrected chi connectivity index (χ4v) is 2.69. The fourth-order valence-electron chi connectivity index (χ4n) is 2.56. The molecule has 1 fully saturated rings. The van der Waals surface area contributed by atoms with Crippen molar-refractivity contribution >= 4 is 30.0 Å². The summed E-state index contributed by atoms with van der Waals surface area (Å²) in [6, 6.07) is 7.25. The summed E-state index contributed by atoms with van der Waals surface area (Å²) >= 11 is 5.85. The molecule has 1 aromatic carbocycles. The predicted octanol–water partition coefficient (Wildman–Crippen LogP) is 2.76. The zero-order chi connectivity index (χ0) is 15.5. The number of carboxylic acids is 1. The van der Waals surface area contributed by atoms with Crippen LogP contribution in [0.3, 0.4) is 0 Å². The number of nitrogens with zero attached hydrogens (tertiary/aromatic N) is 3. The molecule has 1 unspecified atom stereocenters. The monoisotopic (exact) mass is 357 g/mol. The lowest BCUT2D eigenvalue weighted by Gasteiger charge is -2.12. The number of hydrogen-bond acceptors (Lipinski definition) is 5. The first-order chi connectivity index (χ1) is 10.6. The average molecular weight is 358 g/mol. The standard InChI is InChI=1S/C15H16ClN3O3.ClH/c16-12-3-1-10(2-4-12)14-17-13(22-18-14)6-8-19-7-5-11(9-19)15(20)21;/h1-4,11H,5-9H2,(H,20,21);1H. The molecular weight excluding hydrogens is 341 g/mol. The Hall–Kier alpha value is -1.63. The minimum atomic E-state index is -0.717. The van der Waals surface area contributed by atoms with Crippen molar-refractivity contribution in [3.8, 4) is 11.4 Å². The summed E-state index contributed by atoms with van der Waals surface area (Å²) in [7, 11) is 0. The Morgan fingerprint density at radius 3 is 2.78 bits per heavy atom. The Morgan fingerprint density at radius 2 is 2.13 bits per heavy atom. The molecule has 0 aliphatic carbocycles. The minimum absolute atomic E-state index is 0. The van der Waals surface area contributed by atoms with Crippen LogP contribution in [0.5, 0.6) is 0 Å². The van der Waals surface area contributed by atoms with Crippen LogP contribution in [0.1, 0.15) is 12.3 Å². The molecule has 0 bridgehead atoms. The lowest BCUT2D eigenvalue weighted by molar-refractivity contribution is -0.141. The van der Waals surface area contributed by atoms with Gasteiger partial charge in [0.15, 0.2) is 0 Å². The molecule has 1 saturated heterocycles. The molecule has 0 spiro atoms. The molecule has 1 aliphatic rings. The van der Waals surface area contributed by atoms with E-state index < -0.39 is 5.97 Å². The second kappa shape index (κ2) is 7.77. The lowest BCUT2D eigenvalue weighted by Crippen LogP contribution is -2.25. The molecule has 0 amide bonds. The summed E-state index contributed by atoms with van der Waals surface area (Å²) in [5.41, 5.74) is 0.853. The van der Waals surface area contributed by atoms with Gasteiger partial charge in [0.1, 0.15) is 0 Å². The van der Waals surface area contributed by atoms with Crippen LogP contribution in [0, 0.1) is 5.92 Å². The first-order valence-electron chi connectivity index (χ1n) is 7.15. The van der Waals surface area contributed by atoms with E-state index in [2.05, 4.69) is 15.0 Å². The molecule has 0 radical (unpaired) electrons. The van der Waals surface area contributed by atoms with Gasteiger partial charge >= 0.3 is 5.97 Å². The number of hydrogen-bond donors (Lipinski definition) is 1. The van der Waals surface area contributed by atoms with Crippen molar-refractivity contribution in [3.05, 3.63) is 35.2 Å². The highest BCUT2D eigenvalue weighted by atomic mass is 35.5. The van der Waals surface area contributed by atoms with Gasteiger partial charge in [-0.2, -0.15) is 4.98 Å². The van der Waals surface area contributed by atoms with E-state index in [1.165, 1.54) is 0 Å². The summed E-state index contributed by atoms with van der Waals surface area (Å²) in [6.45, 7) is 2.12. The minimum Gasteiger partial charge on any atom is -0.481 e. The van der Waals surface area contributed by atoms with Crippen molar-refractivity contribution in [3.63, 3.8) is 0 Å². The van der Waals surface area contributed by atoms with Crippen molar-refractivity contribution in [1.29, 1.82) is 0 Å². The first-order valence-corrected chi connectivity index (χ1v) is 7.53. The van der Waals surface area contributed by atoms with Gasteiger partial charge in [0.25, 0.3) is 0 Å². The zero-order valence-corrected chi connectivity index (χ0v) is 13.9. The molecular formula is C15H17Cl2N3O3. The van der Waals surface area contributed by atoms with Crippen molar-refractivity contribution in [2.75, 3.05) is 19.6 Å². The lowest BCUT2D eigenvalue weighted by atomic mass is 10.1. The highest BCUT2D eigenvalue weighted by Crippen LogP contribution is 2.20. The molecule has 0 saturated carbocycles. The number of carboxylic acid groups (broad SMARTS) is 1. The van der Waals surface area contributed by atoms with Gasteiger partial charge in [-0.25, -0.2) is 0 Å². The number of benzene rings is 1. The third kappa shape index (κ3) is 4.43. The second-order valence-electron chi connectivity index (χ2n) is 5.39. The van der Waals surface area contributed by atoms with E-state index in [0.29, 0.717) is 36.1 Å². The van der Waals surface area contributed by atoms with Crippen molar-refractivity contribution in [2.24, 2.45) is 5.92 Å². The highest BCUT2D eigenvalue weighted by Gasteiger charge is 2.27. The van der Waals surface area contributed by atoms with Crippen molar-refractivity contribution < 1.29 is 14.4 Å². The molecule has 8 heteroatoms. The predicted molar refractivity (Wildman–Crippen MR) is 87.9 cm³/mol. The molecule has 1 aromatic heterocycles. The maximum absolute atomic E-state index is 10.9. The largest absolute Gasteiger partial charge is 0.481 e. The Balaban J connectivity index is 0.00000192. The third-order valence-electron chi connectivity index (χ3n) is 3.83. The van der Waals surface area contributed by atoms with E-state index in [4.69, 9.17) is 21.2 Å². The van der Waals surface area contributed by atoms with Gasteiger partial charge in [-0.1, -0.05) is 16.8 Å². The number of aliphatic carboxylic acids is 1. The molecule has 1 N–H and O–H groups in total. The van der Waals surface area contributed by atoms with Crippen LogP contribution in [-0.4, -0.2) is 45.8 Å². The average Bonchev–Trinajstić information content (AvgIpc) is 3.15. The number of rotatable bonds is 5. The number of carbonyl (C=O) groups is 1. The van der Waals surface area contributed by atoms with Crippen LogP contribution < -0.4 is 0 Å².